The Bertz CT molecular complexity index is 1090. The van der Waals surface area contributed by atoms with E-state index in [1.807, 2.05) is 6.07 Å². The van der Waals surface area contributed by atoms with Crippen molar-refractivity contribution in [1.82, 2.24) is 9.80 Å². The van der Waals surface area contributed by atoms with Crippen LogP contribution >= 0.6 is 11.8 Å². The fourth-order valence-corrected chi connectivity index (χ4v) is 4.68. The number of nitrogens with zero attached hydrogens (tertiary/aromatic N) is 2. The van der Waals surface area contributed by atoms with Gasteiger partial charge in [-0.2, -0.15) is 0 Å². The number of rotatable bonds is 5. The molecular formula is C25H28N2O6S. The second-order valence-corrected chi connectivity index (χ2v) is 8.78. The molecule has 9 heteroatoms. The highest BCUT2D eigenvalue weighted by molar-refractivity contribution is 7.99. The molecule has 2 heterocycles. The quantitative estimate of drug-likeness (QED) is 0.616. The molecule has 0 amide bonds. The molecule has 2 aliphatic rings. The molecule has 0 spiro atoms. The van der Waals surface area contributed by atoms with Crippen molar-refractivity contribution in [3.05, 3.63) is 59.7 Å². The molecule has 2 aromatic rings. The van der Waals surface area contributed by atoms with Gasteiger partial charge in [0, 0.05) is 59.4 Å². The summed E-state index contributed by atoms with van der Waals surface area (Å²) < 4.78 is 10.9. The van der Waals surface area contributed by atoms with Crippen LogP contribution in [0.1, 0.15) is 11.1 Å². The fourth-order valence-electron chi connectivity index (χ4n) is 3.57. The first-order chi connectivity index (χ1) is 16.3. The van der Waals surface area contributed by atoms with Gasteiger partial charge in [-0.15, -0.1) is 0 Å². The van der Waals surface area contributed by atoms with Gasteiger partial charge in [0.25, 0.3) is 0 Å². The largest absolute Gasteiger partial charge is 0.497 e. The van der Waals surface area contributed by atoms with Crippen molar-refractivity contribution >= 4 is 35.5 Å². The second-order valence-electron chi connectivity index (χ2n) is 7.70. The highest BCUT2D eigenvalue weighted by Crippen LogP contribution is 2.44. The Balaban J connectivity index is 0.000000350. The average molecular weight is 485 g/mol. The van der Waals surface area contributed by atoms with Crippen molar-refractivity contribution in [2.75, 3.05) is 47.4 Å². The normalized spacial score (nSPS) is 15.3. The molecule has 1 fully saturated rings. The minimum Gasteiger partial charge on any atom is -0.497 e. The summed E-state index contributed by atoms with van der Waals surface area (Å²) in [7, 11) is 5.62. The predicted octanol–water partition coefficient (Wildman–Crippen LogP) is 3.63. The summed E-state index contributed by atoms with van der Waals surface area (Å²) in [6.45, 7) is 4.27. The van der Waals surface area contributed by atoms with Gasteiger partial charge in [-0.1, -0.05) is 17.8 Å². The summed E-state index contributed by atoms with van der Waals surface area (Å²) in [5.74, 6) is -0.739. The number of hydrogen-bond donors (Lipinski definition) is 2. The van der Waals surface area contributed by atoms with Crippen LogP contribution in [0.5, 0.6) is 11.5 Å². The Morgan fingerprint density at radius 2 is 1.44 bits per heavy atom. The van der Waals surface area contributed by atoms with Crippen molar-refractivity contribution in [1.29, 1.82) is 0 Å². The van der Waals surface area contributed by atoms with E-state index in [9.17, 15) is 9.59 Å². The summed E-state index contributed by atoms with van der Waals surface area (Å²) >= 11 is 1.78. The highest BCUT2D eigenvalue weighted by atomic mass is 32.2. The number of hydrogen-bond acceptors (Lipinski definition) is 7. The molecule has 34 heavy (non-hydrogen) atoms. The Morgan fingerprint density at radius 3 is 2.00 bits per heavy atom. The van der Waals surface area contributed by atoms with E-state index in [-0.39, 0.29) is 0 Å². The van der Waals surface area contributed by atoms with Gasteiger partial charge in [0.05, 0.1) is 14.2 Å². The zero-order chi connectivity index (χ0) is 24.7. The molecule has 4 rings (SSSR count). The first kappa shape index (κ1) is 25.2. The van der Waals surface area contributed by atoms with E-state index < -0.39 is 11.9 Å². The zero-order valence-corrected chi connectivity index (χ0v) is 20.2. The maximum atomic E-state index is 9.55. The monoisotopic (exact) mass is 484 g/mol. The minimum atomic E-state index is -1.26. The Kier molecular flexibility index (Phi) is 8.61. The summed E-state index contributed by atoms with van der Waals surface area (Å²) in [4.78, 5) is 26.4. The number of piperazine rings is 1. The number of methoxy groups -OCH3 is 2. The van der Waals surface area contributed by atoms with Crippen LogP contribution in [0.15, 0.2) is 58.3 Å². The van der Waals surface area contributed by atoms with Crippen LogP contribution < -0.4 is 9.47 Å². The molecule has 0 atom stereocenters. The predicted molar refractivity (Wildman–Crippen MR) is 131 cm³/mol. The van der Waals surface area contributed by atoms with Crippen LogP contribution in [0.4, 0.5) is 0 Å². The van der Waals surface area contributed by atoms with Crippen molar-refractivity contribution in [2.24, 2.45) is 0 Å². The molecule has 0 unspecified atom stereocenters. The summed E-state index contributed by atoms with van der Waals surface area (Å²) in [5, 5.41) is 15.6. The molecule has 0 aromatic heterocycles. The molecule has 2 aromatic carbocycles. The van der Waals surface area contributed by atoms with Crippen molar-refractivity contribution < 1.29 is 29.3 Å². The molecular weight excluding hydrogens is 456 g/mol. The lowest BCUT2D eigenvalue weighted by Gasteiger charge is -2.36. The van der Waals surface area contributed by atoms with Gasteiger partial charge in [-0.05, 0) is 49.0 Å². The van der Waals surface area contributed by atoms with E-state index >= 15 is 0 Å². The third-order valence-electron chi connectivity index (χ3n) is 5.41. The van der Waals surface area contributed by atoms with Gasteiger partial charge in [0.15, 0.2) is 0 Å². The van der Waals surface area contributed by atoms with Crippen LogP contribution in [0.3, 0.4) is 0 Å². The van der Waals surface area contributed by atoms with Crippen LogP contribution in [0.25, 0.3) is 11.8 Å². The highest BCUT2D eigenvalue weighted by Gasteiger charge is 2.23. The van der Waals surface area contributed by atoms with Crippen molar-refractivity contribution in [2.45, 2.75) is 9.79 Å². The van der Waals surface area contributed by atoms with E-state index in [1.54, 1.807) is 26.0 Å². The zero-order valence-electron chi connectivity index (χ0n) is 19.4. The van der Waals surface area contributed by atoms with Gasteiger partial charge in [0.2, 0.25) is 0 Å². The van der Waals surface area contributed by atoms with Crippen molar-refractivity contribution in [3.8, 4) is 11.5 Å². The smallest absolute Gasteiger partial charge is 0.328 e. The molecule has 0 bridgehead atoms. The number of carboxylic acids is 2. The summed E-state index contributed by atoms with van der Waals surface area (Å²) in [6, 6.07) is 12.7. The Morgan fingerprint density at radius 1 is 0.882 bits per heavy atom. The first-order valence-electron chi connectivity index (χ1n) is 10.6. The minimum absolute atomic E-state index is 0.558. The number of benzene rings is 2. The lowest BCUT2D eigenvalue weighted by Crippen LogP contribution is -2.43. The molecule has 1 saturated heterocycles. The average Bonchev–Trinajstić information content (AvgIpc) is 2.99. The first-order valence-corrected chi connectivity index (χ1v) is 11.5. The SMILES string of the molecule is COc1ccc2c(c1)Sc1cc(OC)ccc1C(N1CCN(C)CC1)=C2.O=C(O)/C=C/C(=O)O. The van der Waals surface area contributed by atoms with Gasteiger partial charge in [0.1, 0.15) is 11.5 Å². The number of aliphatic carboxylic acids is 2. The van der Waals surface area contributed by atoms with E-state index in [0.29, 0.717) is 12.2 Å². The van der Waals surface area contributed by atoms with Crippen LogP contribution in [0.2, 0.25) is 0 Å². The molecule has 0 radical (unpaired) electrons. The molecule has 180 valence electrons. The number of likely N-dealkylation sites (N-methyl/N-ethyl adjacent to an activating group) is 1. The van der Waals surface area contributed by atoms with Crippen molar-refractivity contribution in [3.63, 3.8) is 0 Å². The number of carbonyl (C=O) groups is 2. The third-order valence-corrected chi connectivity index (χ3v) is 6.54. The number of fused-ring (bicyclic) bond motifs is 2. The van der Waals surface area contributed by atoms with Crippen LogP contribution in [0, 0.1) is 0 Å². The molecule has 2 N–H and O–H groups in total. The summed E-state index contributed by atoms with van der Waals surface area (Å²) in [5.41, 5.74) is 3.81. The van der Waals surface area contributed by atoms with E-state index in [2.05, 4.69) is 53.3 Å². The molecule has 0 saturated carbocycles. The standard InChI is InChI=1S/C21H24N2O2S.C4H4O4/c1-22-8-10-23(11-9-22)19-12-15-4-5-16(24-2)13-20(15)26-21-14-17(25-3)6-7-18(19)21;5-3(6)1-2-4(7)8/h4-7,12-14H,8-11H2,1-3H3;1-2H,(H,5,6)(H,7,8)/b;2-1+. The van der Waals surface area contributed by atoms with Gasteiger partial charge < -0.3 is 29.5 Å². The fraction of sp³-hybridized carbons (Fsp3) is 0.280. The van der Waals surface area contributed by atoms with E-state index in [0.717, 1.165) is 37.7 Å². The molecule has 8 nitrogen and oxygen atoms in total. The maximum absolute atomic E-state index is 9.55. The number of carboxylic acid groups (broad SMARTS) is 2. The topological polar surface area (TPSA) is 99.5 Å². The Hall–Kier alpha value is -3.43. The molecule has 0 aliphatic carbocycles. The van der Waals surface area contributed by atoms with E-state index in [1.165, 1.54) is 26.6 Å². The lowest BCUT2D eigenvalue weighted by atomic mass is 10.1. The second kappa shape index (κ2) is 11.6. The lowest BCUT2D eigenvalue weighted by molar-refractivity contribution is -0.134. The van der Waals surface area contributed by atoms with Gasteiger partial charge in [-0.25, -0.2) is 9.59 Å². The Labute approximate surface area is 203 Å². The molecule has 2 aliphatic heterocycles. The van der Waals surface area contributed by atoms with E-state index in [4.69, 9.17) is 19.7 Å². The van der Waals surface area contributed by atoms with Crippen LogP contribution in [-0.4, -0.2) is 79.4 Å². The number of ether oxygens (including phenoxy) is 2. The van der Waals surface area contributed by atoms with Gasteiger partial charge >= 0.3 is 11.9 Å². The van der Waals surface area contributed by atoms with Crippen LogP contribution in [-0.2, 0) is 9.59 Å². The maximum Gasteiger partial charge on any atom is 0.328 e. The third kappa shape index (κ3) is 6.55. The summed E-state index contributed by atoms with van der Waals surface area (Å²) in [6.07, 6.45) is 3.44. The van der Waals surface area contributed by atoms with Gasteiger partial charge in [-0.3, -0.25) is 0 Å².